The molecule has 0 bridgehead atoms. The van der Waals surface area contributed by atoms with Crippen LogP contribution in [0.15, 0.2) is 206 Å². The van der Waals surface area contributed by atoms with Crippen LogP contribution in [0, 0.1) is 13.8 Å². The van der Waals surface area contributed by atoms with E-state index in [0.717, 1.165) is 12.1 Å². The number of aryl methyl sites for hydroxylation is 3. The average Bonchev–Trinajstić information content (AvgIpc) is 4.02. The average molecular weight is 1020 g/mol. The first-order valence-electron chi connectivity index (χ1n) is 27.9. The zero-order chi connectivity index (χ0) is 53.4. The smallest absolute Gasteiger partial charge is 0.264 e. The molecule has 0 amide bonds. The van der Waals surface area contributed by atoms with Gasteiger partial charge in [0, 0.05) is 43.2 Å². The summed E-state index contributed by atoms with van der Waals surface area (Å²) in [5.74, 6) is 0. The Hall–Kier alpha value is -8.18. The summed E-state index contributed by atoms with van der Waals surface area (Å²) in [5, 5.41) is 8.99. The predicted molar refractivity (Wildman–Crippen MR) is 341 cm³/mol. The zero-order valence-electron chi connectivity index (χ0n) is 46.2. The Balaban J connectivity index is 1.11. The lowest BCUT2D eigenvalue weighted by atomic mass is 9.36. The molecule has 378 valence electrons. The highest BCUT2D eigenvalue weighted by Gasteiger charge is 2.46. The summed E-state index contributed by atoms with van der Waals surface area (Å²) in [6, 6.07) is 79.7. The number of nitrogens with zero attached hydrogens (tertiary/aromatic N) is 2. The van der Waals surface area contributed by atoms with E-state index in [9.17, 15) is 0 Å². The van der Waals surface area contributed by atoms with Gasteiger partial charge in [0.15, 0.2) is 0 Å². The Bertz CT molecular complexity index is 4360. The van der Waals surface area contributed by atoms with Crippen LogP contribution in [0.2, 0.25) is 0 Å². The first-order valence-corrected chi connectivity index (χ1v) is 28.7. The molecule has 2 aliphatic rings. The molecule has 0 spiro atoms. The van der Waals surface area contributed by atoms with Crippen LogP contribution in [0.5, 0.6) is 0 Å². The highest BCUT2D eigenvalue weighted by molar-refractivity contribution is 7.33. The third-order valence-electron chi connectivity index (χ3n) is 17.1. The van der Waals surface area contributed by atoms with Crippen LogP contribution < -0.4 is 25.5 Å². The van der Waals surface area contributed by atoms with Crippen molar-refractivity contribution in [1.82, 2.24) is 0 Å². The number of rotatable bonds is 6. The van der Waals surface area contributed by atoms with E-state index in [4.69, 9.17) is 0 Å². The highest BCUT2D eigenvalue weighted by atomic mass is 32.1. The van der Waals surface area contributed by atoms with Crippen molar-refractivity contribution < 1.29 is 0 Å². The Labute approximate surface area is 464 Å². The minimum absolute atomic E-state index is 0.0181. The van der Waals surface area contributed by atoms with Gasteiger partial charge in [0.05, 0.1) is 11.4 Å². The summed E-state index contributed by atoms with van der Waals surface area (Å²) in [5.41, 5.74) is 23.6. The molecule has 0 fully saturated rings. The van der Waals surface area contributed by atoms with Gasteiger partial charge in [-0.3, -0.25) is 0 Å². The van der Waals surface area contributed by atoms with Crippen LogP contribution in [-0.2, 0) is 17.3 Å². The number of hydrogen-bond donors (Lipinski definition) is 0. The number of hydrogen-bond acceptors (Lipinski definition) is 3. The summed E-state index contributed by atoms with van der Waals surface area (Å²) in [7, 11) is 0. The monoisotopic (exact) mass is 1020 g/mol. The maximum Gasteiger partial charge on any atom is 0.264 e. The van der Waals surface area contributed by atoms with Gasteiger partial charge in [0.2, 0.25) is 0 Å². The molecule has 78 heavy (non-hydrogen) atoms. The first-order chi connectivity index (χ1) is 37.7. The van der Waals surface area contributed by atoms with Crippen molar-refractivity contribution >= 4 is 110 Å². The van der Waals surface area contributed by atoms with Crippen LogP contribution in [0.1, 0.15) is 76.3 Å². The molecular weight excluding hydrogens is 960 g/mol. The van der Waals surface area contributed by atoms with E-state index in [0.29, 0.717) is 0 Å². The lowest BCUT2D eigenvalue weighted by molar-refractivity contribution is 0.590. The first kappa shape index (κ1) is 48.2. The summed E-state index contributed by atoms with van der Waals surface area (Å²) in [6.07, 6.45) is 0.991. The molecule has 11 aromatic carbocycles. The van der Waals surface area contributed by atoms with Crippen molar-refractivity contribution in [3.63, 3.8) is 0 Å². The summed E-state index contributed by atoms with van der Waals surface area (Å²) in [4.78, 5) is 5.27. The fourth-order valence-electron chi connectivity index (χ4n) is 12.8. The van der Waals surface area contributed by atoms with Crippen LogP contribution in [0.4, 0.5) is 34.1 Å². The molecule has 1 aromatic heterocycles. The Morgan fingerprint density at radius 2 is 0.949 bits per heavy atom. The van der Waals surface area contributed by atoms with Crippen LogP contribution in [0.25, 0.3) is 75.8 Å². The molecule has 14 rings (SSSR count). The van der Waals surface area contributed by atoms with Gasteiger partial charge in [-0.1, -0.05) is 205 Å². The van der Waals surface area contributed by atoms with E-state index in [-0.39, 0.29) is 17.5 Å². The topological polar surface area (TPSA) is 6.48 Å². The predicted octanol–water partition coefficient (Wildman–Crippen LogP) is 19.2. The van der Waals surface area contributed by atoms with Gasteiger partial charge in [-0.2, -0.15) is 0 Å². The van der Waals surface area contributed by atoms with Crippen molar-refractivity contribution in [1.29, 1.82) is 0 Å². The molecule has 3 heterocycles. The van der Waals surface area contributed by atoms with Crippen molar-refractivity contribution in [2.75, 3.05) is 9.80 Å². The van der Waals surface area contributed by atoms with E-state index >= 15 is 0 Å². The van der Waals surface area contributed by atoms with E-state index in [1.54, 1.807) is 0 Å². The maximum absolute atomic E-state index is 2.65. The molecule has 0 saturated carbocycles. The van der Waals surface area contributed by atoms with Gasteiger partial charge in [0.1, 0.15) is 0 Å². The number of anilines is 6. The van der Waals surface area contributed by atoms with Gasteiger partial charge in [-0.05, 0) is 180 Å². The minimum atomic E-state index is -0.0936. The molecule has 0 unspecified atom stereocenters. The standard InChI is InChI=1S/C74H63BN2S/c1-10-47-26-35-53(36-27-47)76-66-20-15-21-67-70(66)75(72-71(76)63-42-52(74(7,8)9)34-39-69(63)78-72)64-43-59(48-28-22-45(2)23-29-48)60(49-30-24-46(3)25-31-49)44-68(64)77(67)65-38-33-51(73(4,5)6)41-61(65)50-32-37-58-56-18-12-11-16-54(56)55-17-13-14-19-57(55)62(58)40-50/h11-44H,10H2,1-9H3. The van der Waals surface area contributed by atoms with Gasteiger partial charge in [0.25, 0.3) is 6.71 Å². The number of fused-ring (bicyclic) bond motifs is 12. The Morgan fingerprint density at radius 1 is 0.410 bits per heavy atom. The van der Waals surface area contributed by atoms with Gasteiger partial charge in [-0.25, -0.2) is 0 Å². The van der Waals surface area contributed by atoms with E-state index in [1.165, 1.54) is 148 Å². The summed E-state index contributed by atoms with van der Waals surface area (Å²) < 4.78 is 2.69. The van der Waals surface area contributed by atoms with Crippen molar-refractivity contribution in [3.05, 3.63) is 234 Å². The molecule has 0 radical (unpaired) electrons. The molecule has 2 aliphatic heterocycles. The molecule has 0 saturated heterocycles. The molecule has 0 aliphatic carbocycles. The number of thiophene rings is 1. The summed E-state index contributed by atoms with van der Waals surface area (Å²) >= 11 is 1.98. The fraction of sp³-hybridized carbons (Fsp3) is 0.162. The lowest BCUT2D eigenvalue weighted by Crippen LogP contribution is -2.60. The van der Waals surface area contributed by atoms with Crippen molar-refractivity contribution in [3.8, 4) is 33.4 Å². The van der Waals surface area contributed by atoms with Gasteiger partial charge >= 0.3 is 0 Å². The molecule has 4 heteroatoms. The number of benzene rings is 11. The largest absolute Gasteiger partial charge is 0.311 e. The van der Waals surface area contributed by atoms with E-state index in [2.05, 4.69) is 278 Å². The molecular formula is C74H63BN2S. The second kappa shape index (κ2) is 17.9. The molecule has 2 nitrogen and oxygen atoms in total. The van der Waals surface area contributed by atoms with Crippen LogP contribution in [-0.4, -0.2) is 6.71 Å². The fourth-order valence-corrected chi connectivity index (χ4v) is 14.1. The second-order valence-electron chi connectivity index (χ2n) is 24.1. The molecule has 12 aromatic rings. The van der Waals surface area contributed by atoms with E-state index in [1.807, 2.05) is 11.3 Å². The van der Waals surface area contributed by atoms with Crippen molar-refractivity contribution in [2.24, 2.45) is 0 Å². The SMILES string of the molecule is CCc1ccc(N2c3cccc4c3B(c3cc(-c5ccc(C)cc5)c(-c5ccc(C)cc5)cc3N4c3ccc(C(C)(C)C)cc3-c3ccc4c5ccccc5c5ccccc5c4c3)c3sc4ccc(C(C)(C)C)cc4c32)cc1. The molecule has 0 atom stereocenters. The highest BCUT2D eigenvalue weighted by Crippen LogP contribution is 2.52. The van der Waals surface area contributed by atoms with Crippen LogP contribution in [0.3, 0.4) is 0 Å². The zero-order valence-corrected chi connectivity index (χ0v) is 47.0. The molecule has 0 N–H and O–H groups in total. The third-order valence-corrected chi connectivity index (χ3v) is 18.3. The maximum atomic E-state index is 2.65. The minimum Gasteiger partial charge on any atom is -0.311 e. The second-order valence-corrected chi connectivity index (χ2v) is 25.2. The van der Waals surface area contributed by atoms with E-state index < -0.39 is 0 Å². The summed E-state index contributed by atoms with van der Waals surface area (Å²) in [6.45, 7) is 20.6. The Morgan fingerprint density at radius 3 is 1.55 bits per heavy atom. The Kier molecular flexibility index (Phi) is 11.1. The lowest BCUT2D eigenvalue weighted by Gasteiger charge is -2.44. The van der Waals surface area contributed by atoms with Gasteiger partial charge in [-0.15, -0.1) is 11.3 Å². The van der Waals surface area contributed by atoms with Gasteiger partial charge < -0.3 is 9.80 Å². The normalized spacial score (nSPS) is 13.2. The quantitative estimate of drug-likeness (QED) is 0.121. The van der Waals surface area contributed by atoms with Crippen LogP contribution >= 0.6 is 11.3 Å². The third kappa shape index (κ3) is 7.66. The van der Waals surface area contributed by atoms with Crippen molar-refractivity contribution in [2.45, 2.75) is 79.6 Å².